The predicted octanol–water partition coefficient (Wildman–Crippen LogP) is 7.45. The van der Waals surface area contributed by atoms with Gasteiger partial charge in [-0.2, -0.15) is 13.5 Å². The molecular weight excluding hydrogens is 590 g/mol. The minimum absolute atomic E-state index is 0.0752. The quantitative estimate of drug-likeness (QED) is 0.0806. The van der Waals surface area contributed by atoms with E-state index in [1.807, 2.05) is 0 Å². The number of aromatic nitrogens is 1. The van der Waals surface area contributed by atoms with E-state index in [1.165, 1.54) is 94.5 Å². The largest absolute Gasteiger partial charge is 0.344 e. The van der Waals surface area contributed by atoms with Crippen molar-refractivity contribution in [3.05, 3.63) is 59.7 Å². The van der Waals surface area contributed by atoms with Crippen LogP contribution in [-0.4, -0.2) is 31.7 Å². The van der Waals surface area contributed by atoms with Gasteiger partial charge in [0.15, 0.2) is 0 Å². The lowest BCUT2D eigenvalue weighted by Gasteiger charge is -2.14. The first-order valence-electron chi connectivity index (χ1n) is 15.4. The molecule has 0 aliphatic rings. The van der Waals surface area contributed by atoms with Gasteiger partial charge in [0, 0.05) is 12.4 Å². The van der Waals surface area contributed by atoms with Gasteiger partial charge in [0.05, 0.1) is 27.2 Å². The molecule has 11 heteroatoms. The predicted molar refractivity (Wildman–Crippen MR) is 171 cm³/mol. The van der Waals surface area contributed by atoms with Gasteiger partial charge in [-0.15, -0.1) is 0 Å². The first-order chi connectivity index (χ1) is 20.5. The molecule has 3 aromatic rings. The molecule has 0 unspecified atom stereocenters. The van der Waals surface area contributed by atoms with E-state index >= 15 is 0 Å². The summed E-state index contributed by atoms with van der Waals surface area (Å²) in [6, 6.07) is 11.4. The Bertz CT molecular complexity index is 1600. The third-order valence-corrected chi connectivity index (χ3v) is 9.80. The van der Waals surface area contributed by atoms with Gasteiger partial charge in [-0.1, -0.05) is 90.4 Å². The SMILES string of the molecule is CCCCCCCCCCCCCCCCS(=O)(=O)N/N=c1/cc(-c2ccc(F)cc2)n(C)c2ccc(S(=O)(=O)O)cc12. The van der Waals surface area contributed by atoms with Crippen LogP contribution >= 0.6 is 0 Å². The van der Waals surface area contributed by atoms with E-state index in [4.69, 9.17) is 0 Å². The summed E-state index contributed by atoms with van der Waals surface area (Å²) < 4.78 is 74.0. The molecule has 0 fully saturated rings. The number of hydrogen-bond acceptors (Lipinski definition) is 5. The Morgan fingerprint density at radius 3 is 1.84 bits per heavy atom. The maximum Gasteiger partial charge on any atom is 0.294 e. The van der Waals surface area contributed by atoms with E-state index in [1.54, 1.807) is 29.8 Å². The van der Waals surface area contributed by atoms with E-state index in [0.717, 1.165) is 19.3 Å². The smallest absolute Gasteiger partial charge is 0.294 e. The minimum Gasteiger partial charge on any atom is -0.344 e. The van der Waals surface area contributed by atoms with Crippen molar-refractivity contribution in [3.63, 3.8) is 0 Å². The second kappa shape index (κ2) is 16.9. The lowest BCUT2D eigenvalue weighted by atomic mass is 10.0. The summed E-state index contributed by atoms with van der Waals surface area (Å²) in [5, 5.41) is 4.65. The van der Waals surface area contributed by atoms with Gasteiger partial charge in [0.1, 0.15) is 5.82 Å². The summed E-state index contributed by atoms with van der Waals surface area (Å²) in [4.78, 5) is 1.96. The number of hydrogen-bond donors (Lipinski definition) is 2. The maximum atomic E-state index is 13.5. The molecule has 238 valence electrons. The highest BCUT2D eigenvalue weighted by Crippen LogP contribution is 2.24. The lowest BCUT2D eigenvalue weighted by Crippen LogP contribution is -2.25. The Morgan fingerprint density at radius 1 is 0.767 bits per heavy atom. The fraction of sp³-hybridized carbons (Fsp3) is 0.531. The van der Waals surface area contributed by atoms with Crippen LogP contribution in [-0.2, 0) is 27.2 Å². The maximum absolute atomic E-state index is 13.5. The molecule has 8 nitrogen and oxygen atoms in total. The Hall–Kier alpha value is -2.76. The van der Waals surface area contributed by atoms with Crippen LogP contribution in [0, 0.1) is 5.82 Å². The van der Waals surface area contributed by atoms with E-state index in [0.29, 0.717) is 28.6 Å². The van der Waals surface area contributed by atoms with Crippen LogP contribution in [0.4, 0.5) is 4.39 Å². The second-order valence-corrected chi connectivity index (χ2v) is 14.5. The van der Waals surface area contributed by atoms with Crippen LogP contribution in [0.1, 0.15) is 96.8 Å². The Labute approximate surface area is 256 Å². The van der Waals surface area contributed by atoms with Crippen LogP contribution in [0.15, 0.2) is 58.5 Å². The molecule has 0 atom stereocenters. The number of rotatable bonds is 19. The number of benzene rings is 2. The molecule has 1 heterocycles. The van der Waals surface area contributed by atoms with Crippen LogP contribution < -0.4 is 10.2 Å². The Kier molecular flexibility index (Phi) is 13.7. The molecule has 0 aliphatic carbocycles. The van der Waals surface area contributed by atoms with Crippen LogP contribution in [0.2, 0.25) is 0 Å². The van der Waals surface area contributed by atoms with Crippen molar-refractivity contribution in [1.29, 1.82) is 0 Å². The molecule has 0 bridgehead atoms. The number of halogens is 1. The molecule has 1 aromatic heterocycles. The summed E-state index contributed by atoms with van der Waals surface area (Å²) in [7, 11) is -6.49. The van der Waals surface area contributed by atoms with Crippen molar-refractivity contribution in [2.45, 2.75) is 102 Å². The van der Waals surface area contributed by atoms with Gasteiger partial charge in [-0.05, 0) is 60.5 Å². The van der Waals surface area contributed by atoms with Crippen molar-refractivity contribution in [2.24, 2.45) is 12.1 Å². The highest BCUT2D eigenvalue weighted by atomic mass is 32.2. The van der Waals surface area contributed by atoms with Gasteiger partial charge >= 0.3 is 0 Å². The second-order valence-electron chi connectivity index (χ2n) is 11.3. The van der Waals surface area contributed by atoms with Gasteiger partial charge in [-0.3, -0.25) is 4.55 Å². The van der Waals surface area contributed by atoms with Crippen LogP contribution in [0.3, 0.4) is 0 Å². The molecule has 0 radical (unpaired) electrons. The van der Waals surface area contributed by atoms with Gasteiger partial charge < -0.3 is 4.57 Å². The zero-order valence-corrected chi connectivity index (χ0v) is 27.0. The van der Waals surface area contributed by atoms with E-state index in [2.05, 4.69) is 16.9 Å². The van der Waals surface area contributed by atoms with Crippen molar-refractivity contribution >= 4 is 31.0 Å². The summed E-state index contributed by atoms with van der Waals surface area (Å²) in [5.74, 6) is -0.472. The standard InChI is InChI=1S/C32H46FN3O5S2/c1-3-4-5-6-7-8-9-10-11-12-13-14-15-16-23-42(37,38)35-34-30-25-32(26-17-19-27(33)20-18-26)36(2)31-22-21-28(24-29(30)31)43(39,40)41/h17-22,24-25,35H,3-16,23H2,1-2H3,(H,39,40,41)/b34-30-. The number of fused-ring (bicyclic) bond motifs is 1. The summed E-state index contributed by atoms with van der Waals surface area (Å²) in [6.07, 6.45) is 16.4. The lowest BCUT2D eigenvalue weighted by molar-refractivity contribution is 0.483. The van der Waals surface area contributed by atoms with E-state index in [-0.39, 0.29) is 16.0 Å². The molecule has 0 amide bonds. The summed E-state index contributed by atoms with van der Waals surface area (Å²) in [5.41, 5.74) is 1.81. The molecule has 3 rings (SSSR count). The average Bonchev–Trinajstić information content (AvgIpc) is 2.97. The molecule has 0 aliphatic heterocycles. The zero-order chi connectivity index (χ0) is 31.3. The molecule has 0 spiro atoms. The van der Waals surface area contributed by atoms with Gasteiger partial charge in [-0.25, -0.2) is 17.6 Å². The van der Waals surface area contributed by atoms with Crippen molar-refractivity contribution in [3.8, 4) is 11.3 Å². The third-order valence-electron chi connectivity index (χ3n) is 7.75. The van der Waals surface area contributed by atoms with Crippen molar-refractivity contribution in [2.75, 3.05) is 5.75 Å². The number of pyridine rings is 1. The Balaban J connectivity index is 1.59. The topological polar surface area (TPSA) is 118 Å². The van der Waals surface area contributed by atoms with Crippen LogP contribution in [0.5, 0.6) is 0 Å². The number of sulfonamides is 1. The first kappa shape index (κ1) is 34.7. The molecule has 0 saturated carbocycles. The van der Waals surface area contributed by atoms with Crippen molar-refractivity contribution < 1.29 is 25.8 Å². The normalized spacial score (nSPS) is 12.7. The molecule has 0 saturated heterocycles. The zero-order valence-electron chi connectivity index (χ0n) is 25.4. The third kappa shape index (κ3) is 11.4. The fourth-order valence-electron chi connectivity index (χ4n) is 5.25. The number of nitrogens with one attached hydrogen (secondary N) is 1. The van der Waals surface area contributed by atoms with Crippen molar-refractivity contribution in [1.82, 2.24) is 9.40 Å². The van der Waals surface area contributed by atoms with Crippen LogP contribution in [0.25, 0.3) is 22.2 Å². The molecule has 2 aromatic carbocycles. The molecule has 43 heavy (non-hydrogen) atoms. The molecular formula is C32H46FN3O5S2. The van der Waals surface area contributed by atoms with Gasteiger partial charge in [0.25, 0.3) is 10.1 Å². The fourth-order valence-corrected chi connectivity index (χ4v) is 6.67. The minimum atomic E-state index is -4.50. The van der Waals surface area contributed by atoms with E-state index in [9.17, 15) is 25.8 Å². The Morgan fingerprint density at radius 2 is 1.30 bits per heavy atom. The highest BCUT2D eigenvalue weighted by Gasteiger charge is 2.15. The number of unbranched alkanes of at least 4 members (excludes halogenated alkanes) is 13. The number of nitrogens with zero attached hydrogens (tertiary/aromatic N) is 2. The van der Waals surface area contributed by atoms with E-state index < -0.39 is 26.0 Å². The average molecular weight is 636 g/mol. The summed E-state index contributed by atoms with van der Waals surface area (Å²) in [6.45, 7) is 2.24. The monoisotopic (exact) mass is 635 g/mol. The van der Waals surface area contributed by atoms with Gasteiger partial charge in [0.2, 0.25) is 10.0 Å². The number of aryl methyl sites for hydroxylation is 1. The first-order valence-corrected chi connectivity index (χ1v) is 18.5. The molecule has 2 N–H and O–H groups in total. The highest BCUT2D eigenvalue weighted by molar-refractivity contribution is 7.89. The summed E-state index contributed by atoms with van der Waals surface area (Å²) >= 11 is 0.